The topological polar surface area (TPSA) is 38.3 Å². The number of carbonyl (C=O) groups excluding carboxylic acids is 1. The van der Waals surface area contributed by atoms with Crippen molar-refractivity contribution in [2.45, 2.75) is 39.7 Å². The van der Waals surface area contributed by atoms with Crippen LogP contribution < -0.4 is 10.1 Å². The van der Waals surface area contributed by atoms with E-state index < -0.39 is 0 Å². The van der Waals surface area contributed by atoms with Crippen molar-refractivity contribution in [1.29, 1.82) is 0 Å². The molecule has 0 aliphatic rings. The van der Waals surface area contributed by atoms with E-state index in [0.29, 0.717) is 18.1 Å². The largest absolute Gasteiger partial charge is 0.494 e. The summed E-state index contributed by atoms with van der Waals surface area (Å²) in [6.07, 6.45) is 1.88. The predicted molar refractivity (Wildman–Crippen MR) is 98.3 cm³/mol. The van der Waals surface area contributed by atoms with Gasteiger partial charge in [0.1, 0.15) is 5.75 Å². The Hall–Kier alpha value is -2.29. The first-order valence-corrected chi connectivity index (χ1v) is 8.68. The Balaban J connectivity index is 2.07. The first-order chi connectivity index (χ1) is 11.6. The lowest BCUT2D eigenvalue weighted by molar-refractivity contribution is 0.0932. The number of nitrogens with one attached hydrogen (secondary N) is 1. The summed E-state index contributed by atoms with van der Waals surface area (Å²) in [5, 5.41) is 3.16. The number of amides is 1. The summed E-state index contributed by atoms with van der Waals surface area (Å²) in [5.74, 6) is 1.25. The number of ether oxygens (including phenoxy) is 1. The van der Waals surface area contributed by atoms with Gasteiger partial charge in [0.2, 0.25) is 0 Å². The van der Waals surface area contributed by atoms with E-state index >= 15 is 0 Å². The summed E-state index contributed by atoms with van der Waals surface area (Å²) in [4.78, 5) is 12.6. The first-order valence-electron chi connectivity index (χ1n) is 8.68. The molecule has 2 aromatic rings. The molecule has 3 nitrogen and oxygen atoms in total. The van der Waals surface area contributed by atoms with Crippen LogP contribution in [0, 0.1) is 5.92 Å². The average molecular weight is 325 g/mol. The highest BCUT2D eigenvalue weighted by molar-refractivity contribution is 5.94. The molecule has 1 unspecified atom stereocenters. The van der Waals surface area contributed by atoms with E-state index in [1.165, 1.54) is 0 Å². The molecule has 24 heavy (non-hydrogen) atoms. The summed E-state index contributed by atoms with van der Waals surface area (Å²) < 4.78 is 5.56. The van der Waals surface area contributed by atoms with Crippen LogP contribution in [-0.2, 0) is 0 Å². The molecule has 0 saturated carbocycles. The van der Waals surface area contributed by atoms with Crippen molar-refractivity contribution in [1.82, 2.24) is 5.32 Å². The van der Waals surface area contributed by atoms with Gasteiger partial charge in [-0.15, -0.1) is 0 Å². The Labute approximate surface area is 145 Å². The van der Waals surface area contributed by atoms with Gasteiger partial charge in [-0.05, 0) is 48.6 Å². The Kier molecular flexibility index (Phi) is 6.86. The average Bonchev–Trinajstić information content (AvgIpc) is 2.60. The standard InChI is InChI=1S/C21H27NO2/c1-4-14-24-19-12-10-18(11-13-19)21(23)22-20(15-16(2)3)17-8-6-5-7-9-17/h5-13,16,20H,4,14-15H2,1-3H3,(H,22,23). The Morgan fingerprint density at radius 3 is 2.29 bits per heavy atom. The summed E-state index contributed by atoms with van der Waals surface area (Å²) in [6.45, 7) is 7.10. The van der Waals surface area contributed by atoms with Gasteiger partial charge in [-0.1, -0.05) is 51.1 Å². The molecule has 0 aliphatic carbocycles. The highest BCUT2D eigenvalue weighted by Crippen LogP contribution is 2.22. The van der Waals surface area contributed by atoms with Crippen molar-refractivity contribution in [3.8, 4) is 5.75 Å². The second-order valence-corrected chi connectivity index (χ2v) is 6.44. The minimum atomic E-state index is -0.0495. The van der Waals surface area contributed by atoms with E-state index in [4.69, 9.17) is 4.74 Å². The third-order valence-corrected chi connectivity index (χ3v) is 3.80. The van der Waals surface area contributed by atoms with Crippen LogP contribution in [0.25, 0.3) is 0 Å². The third-order valence-electron chi connectivity index (χ3n) is 3.80. The van der Waals surface area contributed by atoms with Gasteiger partial charge in [0, 0.05) is 5.56 Å². The SMILES string of the molecule is CCCOc1ccc(C(=O)NC(CC(C)C)c2ccccc2)cc1. The molecule has 0 saturated heterocycles. The number of benzene rings is 2. The quantitative estimate of drug-likeness (QED) is 0.742. The second-order valence-electron chi connectivity index (χ2n) is 6.44. The van der Waals surface area contributed by atoms with Crippen LogP contribution >= 0.6 is 0 Å². The van der Waals surface area contributed by atoms with E-state index in [1.54, 1.807) is 0 Å². The maximum atomic E-state index is 12.6. The summed E-state index contributed by atoms with van der Waals surface area (Å²) in [5.41, 5.74) is 1.80. The summed E-state index contributed by atoms with van der Waals surface area (Å²) in [7, 11) is 0. The molecule has 0 aromatic heterocycles. The van der Waals surface area contributed by atoms with Crippen molar-refractivity contribution in [3.63, 3.8) is 0 Å². The highest BCUT2D eigenvalue weighted by Gasteiger charge is 2.17. The molecular weight excluding hydrogens is 298 g/mol. The Morgan fingerprint density at radius 1 is 1.04 bits per heavy atom. The first kappa shape index (κ1) is 18.1. The van der Waals surface area contributed by atoms with E-state index in [2.05, 4.69) is 38.2 Å². The number of rotatable bonds is 8. The number of hydrogen-bond acceptors (Lipinski definition) is 2. The van der Waals surface area contributed by atoms with Crippen LogP contribution in [0.2, 0.25) is 0 Å². The Morgan fingerprint density at radius 2 is 1.71 bits per heavy atom. The monoisotopic (exact) mass is 325 g/mol. The normalized spacial score (nSPS) is 12.0. The highest BCUT2D eigenvalue weighted by atomic mass is 16.5. The molecule has 0 spiro atoms. The smallest absolute Gasteiger partial charge is 0.251 e. The predicted octanol–water partition coefficient (Wildman–Crippen LogP) is 4.99. The maximum absolute atomic E-state index is 12.6. The molecule has 128 valence electrons. The van der Waals surface area contributed by atoms with E-state index in [0.717, 1.165) is 24.2 Å². The summed E-state index contributed by atoms with van der Waals surface area (Å²) >= 11 is 0. The van der Waals surface area contributed by atoms with Crippen LogP contribution in [0.4, 0.5) is 0 Å². The fraction of sp³-hybridized carbons (Fsp3) is 0.381. The van der Waals surface area contributed by atoms with Gasteiger partial charge >= 0.3 is 0 Å². The molecule has 1 N–H and O–H groups in total. The van der Waals surface area contributed by atoms with Crippen LogP contribution in [-0.4, -0.2) is 12.5 Å². The molecule has 3 heteroatoms. The molecule has 0 bridgehead atoms. The maximum Gasteiger partial charge on any atom is 0.251 e. The zero-order valence-corrected chi connectivity index (χ0v) is 14.8. The molecule has 1 amide bonds. The van der Waals surface area contributed by atoms with Gasteiger partial charge in [0.15, 0.2) is 0 Å². The lowest BCUT2D eigenvalue weighted by atomic mass is 9.96. The number of hydrogen-bond donors (Lipinski definition) is 1. The lowest BCUT2D eigenvalue weighted by Gasteiger charge is -2.21. The van der Waals surface area contributed by atoms with E-state index in [1.807, 2.05) is 42.5 Å². The van der Waals surface area contributed by atoms with Gasteiger partial charge < -0.3 is 10.1 Å². The lowest BCUT2D eigenvalue weighted by Crippen LogP contribution is -2.29. The van der Waals surface area contributed by atoms with Crippen LogP contribution in [0.1, 0.15) is 55.6 Å². The zero-order chi connectivity index (χ0) is 17.4. The van der Waals surface area contributed by atoms with Crippen molar-refractivity contribution in [3.05, 3.63) is 65.7 Å². The van der Waals surface area contributed by atoms with Crippen molar-refractivity contribution >= 4 is 5.91 Å². The molecule has 0 aliphatic heterocycles. The van der Waals surface area contributed by atoms with Gasteiger partial charge in [0.05, 0.1) is 12.6 Å². The van der Waals surface area contributed by atoms with Crippen molar-refractivity contribution < 1.29 is 9.53 Å². The molecule has 0 fully saturated rings. The van der Waals surface area contributed by atoms with Crippen molar-refractivity contribution in [2.75, 3.05) is 6.61 Å². The van der Waals surface area contributed by atoms with E-state index in [-0.39, 0.29) is 11.9 Å². The van der Waals surface area contributed by atoms with Gasteiger partial charge in [-0.2, -0.15) is 0 Å². The molecule has 0 heterocycles. The van der Waals surface area contributed by atoms with Crippen LogP contribution in [0.3, 0.4) is 0 Å². The Bertz CT molecular complexity index is 620. The van der Waals surface area contributed by atoms with Gasteiger partial charge in [-0.3, -0.25) is 4.79 Å². The van der Waals surface area contributed by atoms with Crippen LogP contribution in [0.15, 0.2) is 54.6 Å². The third kappa shape index (κ3) is 5.41. The van der Waals surface area contributed by atoms with Gasteiger partial charge in [-0.25, -0.2) is 0 Å². The second kappa shape index (κ2) is 9.11. The minimum Gasteiger partial charge on any atom is -0.494 e. The fourth-order valence-corrected chi connectivity index (χ4v) is 2.60. The number of carbonyl (C=O) groups is 1. The summed E-state index contributed by atoms with van der Waals surface area (Å²) in [6, 6.07) is 17.5. The molecule has 2 aromatic carbocycles. The van der Waals surface area contributed by atoms with Crippen LogP contribution in [0.5, 0.6) is 5.75 Å². The molecular formula is C21H27NO2. The van der Waals surface area contributed by atoms with Crippen molar-refractivity contribution in [2.24, 2.45) is 5.92 Å². The molecule has 2 rings (SSSR count). The molecule has 0 radical (unpaired) electrons. The fourth-order valence-electron chi connectivity index (χ4n) is 2.60. The zero-order valence-electron chi connectivity index (χ0n) is 14.8. The van der Waals surface area contributed by atoms with Gasteiger partial charge in [0.25, 0.3) is 5.91 Å². The minimum absolute atomic E-state index is 0.0229. The molecule has 1 atom stereocenters. The van der Waals surface area contributed by atoms with E-state index in [9.17, 15) is 4.79 Å².